The lowest BCUT2D eigenvalue weighted by atomic mass is 10.1. The topological polar surface area (TPSA) is 75.6 Å². The van der Waals surface area contributed by atoms with Crippen molar-refractivity contribution in [3.63, 3.8) is 0 Å². The van der Waals surface area contributed by atoms with Crippen LogP contribution >= 0.6 is 0 Å². The minimum atomic E-state index is -1.05. The maximum absolute atomic E-state index is 11.6. The summed E-state index contributed by atoms with van der Waals surface area (Å²) in [5, 5.41) is 11.1. The minimum Gasteiger partial charge on any atom is -0.491 e. The summed E-state index contributed by atoms with van der Waals surface area (Å²) in [6.45, 7) is 5.31. The average molecular weight is 265 g/mol. The summed E-state index contributed by atoms with van der Waals surface area (Å²) in [6.07, 6.45) is 0.255. The zero-order valence-corrected chi connectivity index (χ0v) is 11.3. The van der Waals surface area contributed by atoms with E-state index in [9.17, 15) is 9.59 Å². The van der Waals surface area contributed by atoms with E-state index >= 15 is 0 Å². The van der Waals surface area contributed by atoms with Crippen LogP contribution < -0.4 is 10.1 Å². The molecular weight excluding hydrogens is 246 g/mol. The van der Waals surface area contributed by atoms with Gasteiger partial charge in [0.25, 0.3) is 0 Å². The van der Waals surface area contributed by atoms with Crippen LogP contribution in [0.2, 0.25) is 0 Å². The third-order valence-corrected chi connectivity index (χ3v) is 2.41. The van der Waals surface area contributed by atoms with Gasteiger partial charge in [-0.05, 0) is 38.5 Å². The summed E-state index contributed by atoms with van der Waals surface area (Å²) in [6, 6.07) is 6.30. The Balaban J connectivity index is 2.53. The maximum Gasteiger partial charge on any atom is 0.325 e. The van der Waals surface area contributed by atoms with Crippen molar-refractivity contribution >= 4 is 11.9 Å². The third kappa shape index (κ3) is 5.42. The fourth-order valence-electron chi connectivity index (χ4n) is 1.50. The van der Waals surface area contributed by atoms with Gasteiger partial charge in [-0.25, -0.2) is 0 Å². The molecule has 0 saturated carbocycles. The molecular formula is C14H19NO4. The van der Waals surface area contributed by atoms with E-state index in [2.05, 4.69) is 5.32 Å². The zero-order valence-electron chi connectivity index (χ0n) is 11.3. The van der Waals surface area contributed by atoms with Crippen LogP contribution in [0.1, 0.15) is 26.3 Å². The van der Waals surface area contributed by atoms with E-state index < -0.39 is 12.0 Å². The van der Waals surface area contributed by atoms with E-state index in [1.807, 2.05) is 13.8 Å². The lowest BCUT2D eigenvalue weighted by Crippen LogP contribution is -2.39. The van der Waals surface area contributed by atoms with Crippen molar-refractivity contribution in [3.05, 3.63) is 29.8 Å². The molecule has 1 aromatic rings. The van der Waals surface area contributed by atoms with Gasteiger partial charge in [-0.2, -0.15) is 0 Å². The third-order valence-electron chi connectivity index (χ3n) is 2.41. The lowest BCUT2D eigenvalue weighted by molar-refractivity contribution is -0.141. The summed E-state index contributed by atoms with van der Waals surface area (Å²) in [5.74, 6) is -0.612. The Hall–Kier alpha value is -2.04. The largest absolute Gasteiger partial charge is 0.491 e. The predicted octanol–water partition coefficient (Wildman–Crippen LogP) is 1.61. The van der Waals surface area contributed by atoms with E-state index in [-0.39, 0.29) is 18.4 Å². The van der Waals surface area contributed by atoms with Crippen LogP contribution in [0.15, 0.2) is 24.3 Å². The second-order valence-corrected chi connectivity index (χ2v) is 4.61. The van der Waals surface area contributed by atoms with Gasteiger partial charge < -0.3 is 15.2 Å². The molecule has 1 atom stereocenters. The van der Waals surface area contributed by atoms with Crippen molar-refractivity contribution in [2.24, 2.45) is 0 Å². The average Bonchev–Trinajstić information content (AvgIpc) is 2.30. The molecule has 0 aromatic heterocycles. The van der Waals surface area contributed by atoms with Crippen LogP contribution in [0, 0.1) is 0 Å². The molecule has 1 amide bonds. The van der Waals surface area contributed by atoms with Gasteiger partial charge in [0.05, 0.1) is 12.5 Å². The maximum atomic E-state index is 11.6. The molecule has 0 aliphatic rings. The van der Waals surface area contributed by atoms with Crippen molar-refractivity contribution in [3.8, 4) is 5.75 Å². The van der Waals surface area contributed by atoms with Gasteiger partial charge in [0.1, 0.15) is 11.8 Å². The predicted molar refractivity (Wildman–Crippen MR) is 71.2 cm³/mol. The molecule has 0 aliphatic heterocycles. The van der Waals surface area contributed by atoms with Gasteiger partial charge in [-0.1, -0.05) is 12.1 Å². The molecule has 1 rings (SSSR count). The summed E-state index contributed by atoms with van der Waals surface area (Å²) < 4.78 is 5.49. The second-order valence-electron chi connectivity index (χ2n) is 4.61. The molecule has 0 bridgehead atoms. The Bertz CT molecular complexity index is 439. The molecule has 0 heterocycles. The molecule has 5 heteroatoms. The standard InChI is InChI=1S/C14H19NO4/c1-9(2)19-12-6-4-11(5-7-12)8-13(16)15-10(3)14(17)18/h4-7,9-10H,8H2,1-3H3,(H,15,16)(H,17,18). The van der Waals surface area contributed by atoms with Crippen molar-refractivity contribution in [1.29, 1.82) is 0 Å². The normalized spacial score (nSPS) is 12.0. The Kier molecular flexibility index (Phi) is 5.36. The first-order chi connectivity index (χ1) is 8.88. The summed E-state index contributed by atoms with van der Waals surface area (Å²) in [4.78, 5) is 22.2. The highest BCUT2D eigenvalue weighted by molar-refractivity contribution is 5.84. The first-order valence-electron chi connectivity index (χ1n) is 6.16. The number of nitrogens with one attached hydrogen (secondary N) is 1. The minimum absolute atomic E-state index is 0.102. The molecule has 19 heavy (non-hydrogen) atoms. The molecule has 0 radical (unpaired) electrons. The molecule has 104 valence electrons. The number of rotatable bonds is 6. The van der Waals surface area contributed by atoms with E-state index in [4.69, 9.17) is 9.84 Å². The number of hydrogen-bond acceptors (Lipinski definition) is 3. The van der Waals surface area contributed by atoms with Crippen LogP contribution in [0.4, 0.5) is 0 Å². The smallest absolute Gasteiger partial charge is 0.325 e. The molecule has 2 N–H and O–H groups in total. The summed E-state index contributed by atoms with van der Waals surface area (Å²) >= 11 is 0. The van der Waals surface area contributed by atoms with Gasteiger partial charge in [-0.3, -0.25) is 9.59 Å². The number of amides is 1. The Labute approximate surface area is 112 Å². The number of benzene rings is 1. The Morgan fingerprint density at radius 3 is 2.26 bits per heavy atom. The van der Waals surface area contributed by atoms with Gasteiger partial charge in [0.2, 0.25) is 5.91 Å². The van der Waals surface area contributed by atoms with Crippen LogP contribution in [0.5, 0.6) is 5.75 Å². The number of carbonyl (C=O) groups excluding carboxylic acids is 1. The number of ether oxygens (including phenoxy) is 1. The van der Waals surface area contributed by atoms with E-state index in [1.54, 1.807) is 24.3 Å². The van der Waals surface area contributed by atoms with E-state index in [0.29, 0.717) is 0 Å². The molecule has 0 saturated heterocycles. The first-order valence-corrected chi connectivity index (χ1v) is 6.16. The quantitative estimate of drug-likeness (QED) is 0.819. The Morgan fingerprint density at radius 1 is 1.21 bits per heavy atom. The van der Waals surface area contributed by atoms with E-state index in [1.165, 1.54) is 6.92 Å². The molecule has 0 fully saturated rings. The number of carbonyl (C=O) groups is 2. The van der Waals surface area contributed by atoms with Crippen LogP contribution in [0.25, 0.3) is 0 Å². The molecule has 0 spiro atoms. The number of carboxylic acid groups (broad SMARTS) is 1. The van der Waals surface area contributed by atoms with Gasteiger partial charge in [-0.15, -0.1) is 0 Å². The van der Waals surface area contributed by atoms with Crippen molar-refractivity contribution in [2.45, 2.75) is 39.3 Å². The van der Waals surface area contributed by atoms with E-state index in [0.717, 1.165) is 11.3 Å². The fourth-order valence-corrected chi connectivity index (χ4v) is 1.50. The number of aliphatic carboxylic acids is 1. The SMILES string of the molecule is CC(C)Oc1ccc(CC(=O)NC(C)C(=O)O)cc1. The highest BCUT2D eigenvalue weighted by atomic mass is 16.5. The van der Waals surface area contributed by atoms with Crippen molar-refractivity contribution < 1.29 is 19.4 Å². The highest BCUT2D eigenvalue weighted by Gasteiger charge is 2.13. The van der Waals surface area contributed by atoms with Crippen LogP contribution in [-0.4, -0.2) is 29.1 Å². The highest BCUT2D eigenvalue weighted by Crippen LogP contribution is 2.14. The molecule has 1 unspecified atom stereocenters. The van der Waals surface area contributed by atoms with Crippen LogP contribution in [0.3, 0.4) is 0 Å². The first kappa shape index (κ1) is 15.0. The second kappa shape index (κ2) is 6.78. The molecule has 5 nitrogen and oxygen atoms in total. The number of hydrogen-bond donors (Lipinski definition) is 2. The molecule has 0 aliphatic carbocycles. The Morgan fingerprint density at radius 2 is 1.79 bits per heavy atom. The lowest BCUT2D eigenvalue weighted by Gasteiger charge is -2.11. The van der Waals surface area contributed by atoms with Gasteiger partial charge in [0, 0.05) is 0 Å². The van der Waals surface area contributed by atoms with Gasteiger partial charge >= 0.3 is 5.97 Å². The van der Waals surface area contributed by atoms with Crippen molar-refractivity contribution in [2.75, 3.05) is 0 Å². The summed E-state index contributed by atoms with van der Waals surface area (Å²) in [5.41, 5.74) is 0.811. The van der Waals surface area contributed by atoms with Crippen molar-refractivity contribution in [1.82, 2.24) is 5.32 Å². The number of carboxylic acids is 1. The molecule has 1 aromatic carbocycles. The van der Waals surface area contributed by atoms with Crippen LogP contribution in [-0.2, 0) is 16.0 Å². The monoisotopic (exact) mass is 265 g/mol. The fraction of sp³-hybridized carbons (Fsp3) is 0.429. The zero-order chi connectivity index (χ0) is 14.4. The summed E-state index contributed by atoms with van der Waals surface area (Å²) in [7, 11) is 0. The van der Waals surface area contributed by atoms with Gasteiger partial charge in [0.15, 0.2) is 0 Å².